The van der Waals surface area contributed by atoms with Gasteiger partial charge in [0, 0.05) is 6.42 Å². The Balaban J connectivity index is 2.01. The van der Waals surface area contributed by atoms with Gasteiger partial charge in [-0.1, -0.05) is 43.2 Å². The zero-order valence-corrected chi connectivity index (χ0v) is 11.9. The van der Waals surface area contributed by atoms with Gasteiger partial charge in [-0.05, 0) is 18.4 Å². The smallest absolute Gasteiger partial charge is 0.310 e. The molecule has 0 spiro atoms. The summed E-state index contributed by atoms with van der Waals surface area (Å²) < 4.78 is 0. The molecule has 1 atom stereocenters. The summed E-state index contributed by atoms with van der Waals surface area (Å²) in [7, 11) is 0. The summed E-state index contributed by atoms with van der Waals surface area (Å²) in [6, 6.07) is 8.68. The Bertz CT molecular complexity index is 494. The molecule has 114 valence electrons. The van der Waals surface area contributed by atoms with Crippen LogP contribution in [0.5, 0.6) is 0 Å². The van der Waals surface area contributed by atoms with Gasteiger partial charge in [-0.15, -0.1) is 0 Å². The first-order chi connectivity index (χ1) is 10.1. The van der Waals surface area contributed by atoms with Crippen molar-refractivity contribution in [3.05, 3.63) is 35.9 Å². The minimum absolute atomic E-state index is 0.0222. The molecule has 5 heteroatoms. The van der Waals surface area contributed by atoms with E-state index in [1.807, 2.05) is 30.3 Å². The van der Waals surface area contributed by atoms with E-state index < -0.39 is 17.4 Å². The maximum absolute atomic E-state index is 12.2. The molecular formula is C16H21NO4. The van der Waals surface area contributed by atoms with Crippen LogP contribution in [0.2, 0.25) is 0 Å². The third-order valence-corrected chi connectivity index (χ3v) is 4.23. The summed E-state index contributed by atoms with van der Waals surface area (Å²) in [5.41, 5.74) is -0.120. The SMILES string of the molecule is O=C(CC1(C(=O)O)CCCC1)NC(CO)c1ccccc1. The molecule has 1 aromatic carbocycles. The molecule has 0 aromatic heterocycles. The number of carboxylic acid groups (broad SMARTS) is 1. The standard InChI is InChI=1S/C16H21NO4/c18-11-13(12-6-2-1-3-7-12)17-14(19)10-16(15(20)21)8-4-5-9-16/h1-3,6-7,13,18H,4-5,8-11H2,(H,17,19)(H,20,21). The van der Waals surface area contributed by atoms with Gasteiger partial charge < -0.3 is 15.5 Å². The number of carboxylic acids is 1. The summed E-state index contributed by atoms with van der Waals surface area (Å²) >= 11 is 0. The van der Waals surface area contributed by atoms with E-state index in [1.54, 1.807) is 0 Å². The van der Waals surface area contributed by atoms with E-state index in [0.29, 0.717) is 12.8 Å². The molecule has 1 amide bonds. The minimum Gasteiger partial charge on any atom is -0.481 e. The van der Waals surface area contributed by atoms with Gasteiger partial charge in [-0.3, -0.25) is 9.59 Å². The van der Waals surface area contributed by atoms with Crippen LogP contribution in [0.25, 0.3) is 0 Å². The summed E-state index contributed by atoms with van der Waals surface area (Å²) in [5, 5.41) is 21.6. The molecule has 1 aliphatic carbocycles. The van der Waals surface area contributed by atoms with E-state index in [4.69, 9.17) is 0 Å². The number of benzene rings is 1. The van der Waals surface area contributed by atoms with Gasteiger partial charge in [-0.2, -0.15) is 0 Å². The maximum atomic E-state index is 12.2. The maximum Gasteiger partial charge on any atom is 0.310 e. The lowest BCUT2D eigenvalue weighted by molar-refractivity contribution is -0.151. The van der Waals surface area contributed by atoms with Gasteiger partial charge in [0.15, 0.2) is 0 Å². The quantitative estimate of drug-likeness (QED) is 0.747. The monoisotopic (exact) mass is 291 g/mol. The lowest BCUT2D eigenvalue weighted by Crippen LogP contribution is -2.38. The molecular weight excluding hydrogens is 270 g/mol. The first-order valence-electron chi connectivity index (χ1n) is 7.26. The topological polar surface area (TPSA) is 86.6 Å². The van der Waals surface area contributed by atoms with Crippen molar-refractivity contribution in [2.45, 2.75) is 38.1 Å². The number of carbonyl (C=O) groups is 2. The number of hydrogen-bond donors (Lipinski definition) is 3. The molecule has 1 aliphatic rings. The predicted molar refractivity (Wildman–Crippen MR) is 77.6 cm³/mol. The Morgan fingerprint density at radius 1 is 1.19 bits per heavy atom. The highest BCUT2D eigenvalue weighted by atomic mass is 16.4. The number of carbonyl (C=O) groups excluding carboxylic acids is 1. The van der Waals surface area contributed by atoms with Crippen molar-refractivity contribution >= 4 is 11.9 Å². The summed E-state index contributed by atoms with van der Waals surface area (Å²) in [4.78, 5) is 23.6. The molecule has 1 fully saturated rings. The van der Waals surface area contributed by atoms with E-state index in [1.165, 1.54) is 0 Å². The van der Waals surface area contributed by atoms with E-state index in [0.717, 1.165) is 18.4 Å². The number of rotatable bonds is 6. The molecule has 0 heterocycles. The molecule has 1 aromatic rings. The largest absolute Gasteiger partial charge is 0.481 e. The molecule has 0 radical (unpaired) electrons. The number of hydrogen-bond acceptors (Lipinski definition) is 3. The van der Waals surface area contributed by atoms with Gasteiger partial charge in [-0.25, -0.2) is 0 Å². The van der Waals surface area contributed by atoms with Crippen molar-refractivity contribution in [1.82, 2.24) is 5.32 Å². The van der Waals surface area contributed by atoms with Crippen molar-refractivity contribution in [2.75, 3.05) is 6.61 Å². The van der Waals surface area contributed by atoms with Crippen molar-refractivity contribution in [3.8, 4) is 0 Å². The third-order valence-electron chi connectivity index (χ3n) is 4.23. The second kappa shape index (κ2) is 6.72. The summed E-state index contributed by atoms with van der Waals surface area (Å²) in [6.45, 7) is -0.212. The number of nitrogens with one attached hydrogen (secondary N) is 1. The van der Waals surface area contributed by atoms with Crippen LogP contribution >= 0.6 is 0 Å². The van der Waals surface area contributed by atoms with Crippen LogP contribution in [0.4, 0.5) is 0 Å². The van der Waals surface area contributed by atoms with Crippen LogP contribution in [0.3, 0.4) is 0 Å². The van der Waals surface area contributed by atoms with Crippen molar-refractivity contribution < 1.29 is 19.8 Å². The highest BCUT2D eigenvalue weighted by molar-refractivity contribution is 5.85. The number of aliphatic hydroxyl groups is 1. The van der Waals surface area contributed by atoms with Crippen LogP contribution in [-0.4, -0.2) is 28.7 Å². The molecule has 1 unspecified atom stereocenters. The number of aliphatic carboxylic acids is 1. The normalized spacial score (nSPS) is 18.1. The van der Waals surface area contributed by atoms with Gasteiger partial charge in [0.2, 0.25) is 5.91 Å². The summed E-state index contributed by atoms with van der Waals surface area (Å²) in [6.07, 6.45) is 2.77. The third kappa shape index (κ3) is 3.61. The second-order valence-electron chi connectivity index (χ2n) is 5.68. The van der Waals surface area contributed by atoms with Gasteiger partial charge in [0.25, 0.3) is 0 Å². The van der Waals surface area contributed by atoms with Crippen molar-refractivity contribution in [1.29, 1.82) is 0 Å². The van der Waals surface area contributed by atoms with Gasteiger partial charge >= 0.3 is 5.97 Å². The Morgan fingerprint density at radius 2 is 1.81 bits per heavy atom. The Labute approximate surface area is 124 Å². The molecule has 2 rings (SSSR count). The molecule has 21 heavy (non-hydrogen) atoms. The van der Waals surface area contributed by atoms with Crippen LogP contribution < -0.4 is 5.32 Å². The fraction of sp³-hybridized carbons (Fsp3) is 0.500. The van der Waals surface area contributed by atoms with Gasteiger partial charge in [0.05, 0.1) is 18.1 Å². The zero-order chi connectivity index (χ0) is 15.3. The first kappa shape index (κ1) is 15.5. The molecule has 0 bridgehead atoms. The summed E-state index contributed by atoms with van der Waals surface area (Å²) in [5.74, 6) is -1.21. The predicted octanol–water partition coefficient (Wildman–Crippen LogP) is 1.87. The van der Waals surface area contributed by atoms with E-state index >= 15 is 0 Å². The average Bonchev–Trinajstić information content (AvgIpc) is 2.95. The highest BCUT2D eigenvalue weighted by Gasteiger charge is 2.43. The van der Waals surface area contributed by atoms with Crippen LogP contribution in [0, 0.1) is 5.41 Å². The minimum atomic E-state index is -0.930. The molecule has 0 aliphatic heterocycles. The fourth-order valence-electron chi connectivity index (χ4n) is 2.99. The molecule has 0 saturated heterocycles. The highest BCUT2D eigenvalue weighted by Crippen LogP contribution is 2.41. The lowest BCUT2D eigenvalue weighted by Gasteiger charge is -2.24. The lowest BCUT2D eigenvalue weighted by atomic mass is 9.82. The van der Waals surface area contributed by atoms with E-state index in [-0.39, 0.29) is 18.9 Å². The molecule has 3 N–H and O–H groups in total. The van der Waals surface area contributed by atoms with Crippen LogP contribution in [-0.2, 0) is 9.59 Å². The van der Waals surface area contributed by atoms with E-state index in [2.05, 4.69) is 5.32 Å². The number of amides is 1. The fourth-order valence-corrected chi connectivity index (χ4v) is 2.99. The van der Waals surface area contributed by atoms with Crippen molar-refractivity contribution in [3.63, 3.8) is 0 Å². The number of aliphatic hydroxyl groups excluding tert-OH is 1. The second-order valence-corrected chi connectivity index (χ2v) is 5.68. The average molecular weight is 291 g/mol. The Kier molecular flexibility index (Phi) is 4.96. The van der Waals surface area contributed by atoms with E-state index in [9.17, 15) is 19.8 Å². The van der Waals surface area contributed by atoms with Crippen molar-refractivity contribution in [2.24, 2.45) is 5.41 Å². The molecule has 5 nitrogen and oxygen atoms in total. The molecule has 1 saturated carbocycles. The van der Waals surface area contributed by atoms with Crippen LogP contribution in [0.15, 0.2) is 30.3 Å². The zero-order valence-electron chi connectivity index (χ0n) is 11.9. The Hall–Kier alpha value is -1.88. The first-order valence-corrected chi connectivity index (χ1v) is 7.26. The van der Waals surface area contributed by atoms with Gasteiger partial charge in [0.1, 0.15) is 0 Å². The van der Waals surface area contributed by atoms with Crippen LogP contribution in [0.1, 0.15) is 43.7 Å². The Morgan fingerprint density at radius 3 is 2.33 bits per heavy atom.